The van der Waals surface area contributed by atoms with Crippen LogP contribution in [0, 0.1) is 5.92 Å². The van der Waals surface area contributed by atoms with Crippen molar-refractivity contribution in [2.75, 3.05) is 0 Å². The summed E-state index contributed by atoms with van der Waals surface area (Å²) in [5, 5.41) is 4.56. The summed E-state index contributed by atoms with van der Waals surface area (Å²) in [5.74, 6) is 0.870. The summed E-state index contributed by atoms with van der Waals surface area (Å²) in [6, 6.07) is 0.542. The Morgan fingerprint density at radius 3 is 2.29 bits per heavy atom. The van der Waals surface area contributed by atoms with Crippen LogP contribution < -0.4 is 5.32 Å². The monoisotopic (exact) mass is 308 g/mol. The molecule has 21 heavy (non-hydrogen) atoms. The molecular formula is C17H28N2OS. The van der Waals surface area contributed by atoms with Gasteiger partial charge in [0.1, 0.15) is 0 Å². The minimum Gasteiger partial charge on any atom is -0.362 e. The fourth-order valence-corrected chi connectivity index (χ4v) is 5.09. The average molecular weight is 308 g/mol. The Hall–Kier alpha value is -0.510. The van der Waals surface area contributed by atoms with Crippen LogP contribution in [0.4, 0.5) is 0 Å². The van der Waals surface area contributed by atoms with Crippen LogP contribution in [0.3, 0.4) is 0 Å². The molecule has 0 aromatic heterocycles. The van der Waals surface area contributed by atoms with Crippen molar-refractivity contribution in [3.05, 3.63) is 0 Å². The van der Waals surface area contributed by atoms with E-state index >= 15 is 0 Å². The maximum Gasteiger partial charge on any atom is 0.261 e. The van der Waals surface area contributed by atoms with Gasteiger partial charge >= 0.3 is 0 Å². The number of nitrogens with zero attached hydrogens (tertiary/aromatic N) is 1. The van der Waals surface area contributed by atoms with Gasteiger partial charge in [0.15, 0.2) is 5.17 Å². The van der Waals surface area contributed by atoms with Crippen molar-refractivity contribution in [3.8, 4) is 0 Å². The Morgan fingerprint density at radius 2 is 1.57 bits per heavy atom. The number of nitrogens with one attached hydrogen (secondary N) is 1. The molecule has 0 unspecified atom stereocenters. The number of thioether (sulfide) groups is 1. The molecule has 0 aromatic rings. The molecule has 2 aliphatic carbocycles. The molecule has 1 amide bonds. The SMILES string of the molecule is O=C1N=C(NC2CCCCCC2)S[C@@H]1CC1CCCCC1. The van der Waals surface area contributed by atoms with Crippen molar-refractivity contribution in [3.63, 3.8) is 0 Å². The molecular weight excluding hydrogens is 280 g/mol. The van der Waals surface area contributed by atoms with E-state index in [1.165, 1.54) is 70.6 Å². The number of rotatable bonds is 3. The first-order chi connectivity index (χ1) is 10.3. The van der Waals surface area contributed by atoms with Crippen LogP contribution in [-0.2, 0) is 4.79 Å². The van der Waals surface area contributed by atoms with Crippen LogP contribution in [0.1, 0.15) is 77.0 Å². The van der Waals surface area contributed by atoms with Crippen LogP contribution in [0.2, 0.25) is 0 Å². The Bertz CT molecular complexity index is 382. The van der Waals surface area contributed by atoms with E-state index in [1.54, 1.807) is 11.8 Å². The highest BCUT2D eigenvalue weighted by Gasteiger charge is 2.32. The van der Waals surface area contributed by atoms with Crippen molar-refractivity contribution < 1.29 is 4.79 Å². The molecule has 0 bridgehead atoms. The van der Waals surface area contributed by atoms with Gasteiger partial charge in [-0.15, -0.1) is 0 Å². The highest BCUT2D eigenvalue weighted by atomic mass is 32.2. The molecule has 3 rings (SSSR count). The lowest BCUT2D eigenvalue weighted by Gasteiger charge is -2.23. The molecule has 1 atom stereocenters. The van der Waals surface area contributed by atoms with Gasteiger partial charge in [0, 0.05) is 6.04 Å². The zero-order valence-electron chi connectivity index (χ0n) is 13.0. The molecule has 0 spiro atoms. The minimum absolute atomic E-state index is 0.0985. The normalized spacial score (nSPS) is 29.2. The molecule has 2 fully saturated rings. The van der Waals surface area contributed by atoms with Gasteiger partial charge in [0.25, 0.3) is 5.91 Å². The summed E-state index contributed by atoms with van der Waals surface area (Å²) in [6.45, 7) is 0. The third kappa shape index (κ3) is 4.48. The number of aliphatic imine (C=N–C) groups is 1. The van der Waals surface area contributed by atoms with E-state index in [0.29, 0.717) is 6.04 Å². The molecule has 1 heterocycles. The van der Waals surface area contributed by atoms with Crippen molar-refractivity contribution in [1.29, 1.82) is 0 Å². The molecule has 0 saturated heterocycles. The van der Waals surface area contributed by atoms with Crippen molar-refractivity contribution in [2.24, 2.45) is 10.9 Å². The standard InChI is InChI=1S/C17H28N2OS/c20-16-15(12-13-8-4-3-5-9-13)21-17(19-16)18-14-10-6-1-2-7-11-14/h13-15H,1-12H2,(H,18,19,20)/t15-/m1/s1. The Morgan fingerprint density at radius 1 is 0.952 bits per heavy atom. The Kier molecular flexibility index (Phi) is 5.61. The molecule has 118 valence electrons. The lowest BCUT2D eigenvalue weighted by molar-refractivity contribution is -0.117. The number of carbonyl (C=O) groups excluding carboxylic acids is 1. The van der Waals surface area contributed by atoms with E-state index in [4.69, 9.17) is 0 Å². The van der Waals surface area contributed by atoms with Gasteiger partial charge in [0.2, 0.25) is 0 Å². The zero-order valence-corrected chi connectivity index (χ0v) is 13.8. The molecule has 2 saturated carbocycles. The summed E-state index contributed by atoms with van der Waals surface area (Å²) in [4.78, 5) is 16.4. The first-order valence-electron chi connectivity index (χ1n) is 8.87. The van der Waals surface area contributed by atoms with Gasteiger partial charge in [-0.3, -0.25) is 4.79 Å². The van der Waals surface area contributed by atoms with Gasteiger partial charge in [-0.2, -0.15) is 4.99 Å². The predicted molar refractivity (Wildman–Crippen MR) is 89.6 cm³/mol. The molecule has 3 nitrogen and oxygen atoms in total. The van der Waals surface area contributed by atoms with Crippen molar-refractivity contribution in [2.45, 2.75) is 88.3 Å². The topological polar surface area (TPSA) is 41.5 Å². The van der Waals surface area contributed by atoms with Gasteiger partial charge in [-0.1, -0.05) is 69.5 Å². The predicted octanol–water partition coefficient (Wildman–Crippen LogP) is 4.27. The Labute approximate surface area is 132 Å². The molecule has 0 aromatic carbocycles. The molecule has 4 heteroatoms. The van der Waals surface area contributed by atoms with Crippen molar-refractivity contribution in [1.82, 2.24) is 5.32 Å². The maximum atomic E-state index is 12.1. The molecule has 1 aliphatic heterocycles. The van der Waals surface area contributed by atoms with Crippen LogP contribution >= 0.6 is 11.8 Å². The van der Waals surface area contributed by atoms with Gasteiger partial charge in [-0.05, 0) is 25.2 Å². The van der Waals surface area contributed by atoms with Crippen molar-refractivity contribution >= 4 is 22.8 Å². The molecule has 0 radical (unpaired) electrons. The second kappa shape index (κ2) is 7.66. The van der Waals surface area contributed by atoms with Crippen LogP contribution in [0.25, 0.3) is 0 Å². The average Bonchev–Trinajstić information content (AvgIpc) is 2.68. The smallest absolute Gasteiger partial charge is 0.261 e. The number of amidine groups is 1. The summed E-state index contributed by atoms with van der Waals surface area (Å²) in [5.41, 5.74) is 0. The first kappa shape index (κ1) is 15.4. The molecule has 1 N–H and O–H groups in total. The van der Waals surface area contributed by atoms with E-state index in [-0.39, 0.29) is 11.2 Å². The highest BCUT2D eigenvalue weighted by Crippen LogP contribution is 2.34. The second-order valence-corrected chi connectivity index (χ2v) is 8.13. The molecule has 3 aliphatic rings. The van der Waals surface area contributed by atoms with E-state index in [9.17, 15) is 4.79 Å². The van der Waals surface area contributed by atoms with E-state index in [1.807, 2.05) is 0 Å². The minimum atomic E-state index is 0.0985. The second-order valence-electron chi connectivity index (χ2n) is 6.93. The van der Waals surface area contributed by atoms with Gasteiger partial charge in [0.05, 0.1) is 5.25 Å². The van der Waals surface area contributed by atoms with E-state index < -0.39 is 0 Å². The number of hydrogen-bond donors (Lipinski definition) is 1. The lowest BCUT2D eigenvalue weighted by atomic mass is 9.86. The third-order valence-electron chi connectivity index (χ3n) is 5.20. The van der Waals surface area contributed by atoms with E-state index in [2.05, 4.69) is 10.3 Å². The number of hydrogen-bond acceptors (Lipinski definition) is 3. The maximum absolute atomic E-state index is 12.1. The third-order valence-corrected chi connectivity index (χ3v) is 6.31. The highest BCUT2D eigenvalue weighted by molar-refractivity contribution is 8.15. The quantitative estimate of drug-likeness (QED) is 0.792. The summed E-state index contributed by atoms with van der Waals surface area (Å²) < 4.78 is 0. The lowest BCUT2D eigenvalue weighted by Crippen LogP contribution is -2.32. The Balaban J connectivity index is 1.47. The fourth-order valence-electron chi connectivity index (χ4n) is 3.92. The van der Waals surface area contributed by atoms with Crippen LogP contribution in [0.5, 0.6) is 0 Å². The van der Waals surface area contributed by atoms with Gasteiger partial charge < -0.3 is 5.32 Å². The van der Waals surface area contributed by atoms with Crippen LogP contribution in [0.15, 0.2) is 4.99 Å². The largest absolute Gasteiger partial charge is 0.362 e. The summed E-state index contributed by atoms with van der Waals surface area (Å²) in [6.07, 6.45) is 15.6. The summed E-state index contributed by atoms with van der Waals surface area (Å²) >= 11 is 1.70. The van der Waals surface area contributed by atoms with E-state index in [0.717, 1.165) is 17.5 Å². The van der Waals surface area contributed by atoms with Crippen LogP contribution in [-0.4, -0.2) is 22.4 Å². The number of carbonyl (C=O) groups is 1. The van der Waals surface area contributed by atoms with Gasteiger partial charge in [-0.25, -0.2) is 0 Å². The fraction of sp³-hybridized carbons (Fsp3) is 0.882. The zero-order chi connectivity index (χ0) is 14.5. The first-order valence-corrected chi connectivity index (χ1v) is 9.75. The number of amides is 1. The summed E-state index contributed by atoms with van der Waals surface area (Å²) in [7, 11) is 0.